The second kappa shape index (κ2) is 7.24. The molecule has 28 heavy (non-hydrogen) atoms. The van der Waals surface area contributed by atoms with Crippen LogP contribution in [0.4, 0.5) is 5.69 Å². The molecule has 3 heterocycles. The molecule has 7 nitrogen and oxygen atoms in total. The average molecular weight is 381 g/mol. The number of nitrogens with one attached hydrogen (secondary N) is 1. The summed E-state index contributed by atoms with van der Waals surface area (Å²) >= 11 is 0. The van der Waals surface area contributed by atoms with Crippen LogP contribution in [0.2, 0.25) is 0 Å². The monoisotopic (exact) mass is 381 g/mol. The highest BCUT2D eigenvalue weighted by atomic mass is 16.5. The number of carbonyl (C=O) groups is 2. The van der Waals surface area contributed by atoms with Crippen molar-refractivity contribution in [2.75, 3.05) is 31.1 Å². The van der Waals surface area contributed by atoms with Crippen molar-refractivity contribution in [1.82, 2.24) is 9.88 Å². The fraction of sp³-hybridized carbons (Fsp3) is 0.381. The number of benzene rings is 1. The van der Waals surface area contributed by atoms with E-state index in [9.17, 15) is 14.4 Å². The van der Waals surface area contributed by atoms with Crippen LogP contribution in [0.25, 0.3) is 0 Å². The molecule has 7 heteroatoms. The van der Waals surface area contributed by atoms with E-state index in [2.05, 4.69) is 4.98 Å². The SMILES string of the molecule is Cc1ccc(C(=O)N2CCC3(CC2)CN(c2ccccc2)C(=O)CO3)c(=O)[nH]1. The Morgan fingerprint density at radius 2 is 1.79 bits per heavy atom. The third-order valence-electron chi connectivity index (χ3n) is 5.56. The van der Waals surface area contributed by atoms with Gasteiger partial charge in [-0.15, -0.1) is 0 Å². The van der Waals surface area contributed by atoms with Crippen LogP contribution < -0.4 is 10.5 Å². The highest BCUT2D eigenvalue weighted by Crippen LogP contribution is 2.33. The number of morpholine rings is 1. The van der Waals surface area contributed by atoms with Crippen LogP contribution in [0.15, 0.2) is 47.3 Å². The number of hydrogen-bond donors (Lipinski definition) is 1. The van der Waals surface area contributed by atoms with Crippen molar-refractivity contribution < 1.29 is 14.3 Å². The molecular formula is C21H23N3O4. The zero-order valence-corrected chi connectivity index (χ0v) is 15.8. The molecule has 4 rings (SSSR count). The van der Waals surface area contributed by atoms with E-state index >= 15 is 0 Å². The van der Waals surface area contributed by atoms with Gasteiger partial charge >= 0.3 is 0 Å². The number of rotatable bonds is 2. The molecule has 1 aromatic carbocycles. The van der Waals surface area contributed by atoms with Gasteiger partial charge in [0, 0.05) is 24.5 Å². The molecule has 0 atom stereocenters. The van der Waals surface area contributed by atoms with Crippen LogP contribution in [-0.2, 0) is 9.53 Å². The quantitative estimate of drug-likeness (QED) is 0.859. The van der Waals surface area contributed by atoms with E-state index in [0.29, 0.717) is 32.5 Å². The van der Waals surface area contributed by atoms with E-state index in [-0.39, 0.29) is 29.5 Å². The van der Waals surface area contributed by atoms with Gasteiger partial charge in [0.15, 0.2) is 0 Å². The predicted octanol–water partition coefficient (Wildman–Crippen LogP) is 1.72. The number of pyridine rings is 1. The van der Waals surface area contributed by atoms with Gasteiger partial charge in [0.05, 0.1) is 12.1 Å². The smallest absolute Gasteiger partial charge is 0.260 e. The lowest BCUT2D eigenvalue weighted by atomic mass is 9.88. The Morgan fingerprint density at radius 1 is 1.07 bits per heavy atom. The topological polar surface area (TPSA) is 82.7 Å². The molecule has 0 aliphatic carbocycles. The number of aromatic nitrogens is 1. The number of hydrogen-bond acceptors (Lipinski definition) is 4. The van der Waals surface area contributed by atoms with E-state index in [1.54, 1.807) is 28.9 Å². The summed E-state index contributed by atoms with van der Waals surface area (Å²) < 4.78 is 5.95. The standard InChI is InChI=1S/C21H23N3O4/c1-15-7-8-17(19(26)22-15)20(27)23-11-9-21(10-12-23)14-24(18(25)13-28-21)16-5-3-2-4-6-16/h2-8H,9-14H2,1H3,(H,22,26). The fourth-order valence-electron chi connectivity index (χ4n) is 3.89. The molecule has 0 bridgehead atoms. The number of anilines is 1. The second-order valence-corrected chi connectivity index (χ2v) is 7.46. The Kier molecular flexibility index (Phi) is 4.77. The Morgan fingerprint density at radius 3 is 2.46 bits per heavy atom. The summed E-state index contributed by atoms with van der Waals surface area (Å²) in [6.07, 6.45) is 1.25. The largest absolute Gasteiger partial charge is 0.363 e. The zero-order chi connectivity index (χ0) is 19.7. The summed E-state index contributed by atoms with van der Waals surface area (Å²) in [5, 5.41) is 0. The number of nitrogens with zero attached hydrogens (tertiary/aromatic N) is 2. The third-order valence-corrected chi connectivity index (χ3v) is 5.56. The zero-order valence-electron chi connectivity index (χ0n) is 15.8. The van der Waals surface area contributed by atoms with E-state index in [1.807, 2.05) is 30.3 Å². The van der Waals surface area contributed by atoms with Gasteiger partial charge in [-0.05, 0) is 44.0 Å². The first-order chi connectivity index (χ1) is 13.5. The van der Waals surface area contributed by atoms with Gasteiger partial charge in [-0.3, -0.25) is 14.4 Å². The molecule has 1 spiro atoms. The minimum atomic E-state index is -0.458. The highest BCUT2D eigenvalue weighted by molar-refractivity contribution is 5.95. The van der Waals surface area contributed by atoms with Gasteiger partial charge in [0.25, 0.3) is 17.4 Å². The molecule has 2 fully saturated rings. The lowest BCUT2D eigenvalue weighted by Crippen LogP contribution is -2.59. The van der Waals surface area contributed by atoms with Gasteiger partial charge < -0.3 is 19.5 Å². The van der Waals surface area contributed by atoms with Gasteiger partial charge in [0.1, 0.15) is 12.2 Å². The maximum Gasteiger partial charge on any atom is 0.260 e. The summed E-state index contributed by atoms with van der Waals surface area (Å²) in [4.78, 5) is 43.3. The number of likely N-dealkylation sites (tertiary alicyclic amines) is 1. The number of carbonyl (C=O) groups excluding carboxylic acids is 2. The second-order valence-electron chi connectivity index (χ2n) is 7.46. The summed E-state index contributed by atoms with van der Waals surface area (Å²) in [6, 6.07) is 12.9. The maximum absolute atomic E-state index is 12.7. The number of aryl methyl sites for hydroxylation is 1. The van der Waals surface area contributed by atoms with E-state index in [4.69, 9.17) is 4.74 Å². The molecule has 2 aromatic rings. The van der Waals surface area contributed by atoms with Crippen LogP contribution in [0.1, 0.15) is 28.9 Å². The van der Waals surface area contributed by atoms with Crippen molar-refractivity contribution in [2.24, 2.45) is 0 Å². The molecular weight excluding hydrogens is 358 g/mol. The van der Waals surface area contributed by atoms with E-state index in [0.717, 1.165) is 11.4 Å². The summed E-state index contributed by atoms with van der Waals surface area (Å²) in [7, 11) is 0. The Bertz CT molecular complexity index is 946. The molecule has 2 aliphatic rings. The predicted molar refractivity (Wildman–Crippen MR) is 104 cm³/mol. The van der Waals surface area contributed by atoms with Gasteiger partial charge in [-0.2, -0.15) is 0 Å². The van der Waals surface area contributed by atoms with Crippen molar-refractivity contribution in [3.8, 4) is 0 Å². The molecule has 146 valence electrons. The third kappa shape index (κ3) is 3.45. The molecule has 2 amide bonds. The summed E-state index contributed by atoms with van der Waals surface area (Å²) in [6.45, 7) is 3.27. The lowest BCUT2D eigenvalue weighted by Gasteiger charge is -2.46. The molecule has 0 saturated carbocycles. The molecule has 2 aliphatic heterocycles. The van der Waals surface area contributed by atoms with E-state index < -0.39 is 5.60 Å². The van der Waals surface area contributed by atoms with Crippen LogP contribution in [-0.4, -0.2) is 53.5 Å². The number of H-pyrrole nitrogens is 1. The van der Waals surface area contributed by atoms with Crippen LogP contribution >= 0.6 is 0 Å². The molecule has 0 unspecified atom stereocenters. The highest BCUT2D eigenvalue weighted by Gasteiger charge is 2.43. The van der Waals surface area contributed by atoms with Crippen molar-refractivity contribution in [3.63, 3.8) is 0 Å². The number of aromatic amines is 1. The first kappa shape index (κ1) is 18.4. The minimum absolute atomic E-state index is 0.0421. The number of amides is 2. The Balaban J connectivity index is 1.46. The van der Waals surface area contributed by atoms with Crippen molar-refractivity contribution >= 4 is 17.5 Å². The number of piperidine rings is 1. The molecule has 1 aromatic heterocycles. The van der Waals surface area contributed by atoms with Crippen molar-refractivity contribution in [1.29, 1.82) is 0 Å². The summed E-state index contributed by atoms with van der Waals surface area (Å²) in [5.74, 6) is -0.315. The van der Waals surface area contributed by atoms with Crippen molar-refractivity contribution in [3.05, 3.63) is 64.1 Å². The van der Waals surface area contributed by atoms with Crippen LogP contribution in [0, 0.1) is 6.92 Å². The average Bonchev–Trinajstić information content (AvgIpc) is 2.71. The molecule has 0 radical (unpaired) electrons. The maximum atomic E-state index is 12.7. The van der Waals surface area contributed by atoms with Gasteiger partial charge in [0.2, 0.25) is 0 Å². The minimum Gasteiger partial charge on any atom is -0.363 e. The normalized spacial score (nSPS) is 19.1. The van der Waals surface area contributed by atoms with Gasteiger partial charge in [-0.1, -0.05) is 18.2 Å². The van der Waals surface area contributed by atoms with Crippen molar-refractivity contribution in [2.45, 2.75) is 25.4 Å². The molecule has 1 N–H and O–H groups in total. The molecule has 2 saturated heterocycles. The first-order valence-corrected chi connectivity index (χ1v) is 9.46. The Hall–Kier alpha value is -2.93. The van der Waals surface area contributed by atoms with E-state index in [1.165, 1.54) is 0 Å². The summed E-state index contributed by atoms with van der Waals surface area (Å²) in [5.41, 5.74) is 0.924. The van der Waals surface area contributed by atoms with Crippen LogP contribution in [0.5, 0.6) is 0 Å². The lowest BCUT2D eigenvalue weighted by molar-refractivity contribution is -0.143. The Labute approximate surface area is 162 Å². The first-order valence-electron chi connectivity index (χ1n) is 9.46. The van der Waals surface area contributed by atoms with Crippen LogP contribution in [0.3, 0.4) is 0 Å². The van der Waals surface area contributed by atoms with Gasteiger partial charge in [-0.25, -0.2) is 0 Å². The number of ether oxygens (including phenoxy) is 1. The fourth-order valence-corrected chi connectivity index (χ4v) is 3.89. The number of para-hydroxylation sites is 1.